The molecule has 100 valence electrons. The fourth-order valence-electron chi connectivity index (χ4n) is 2.45. The summed E-state index contributed by atoms with van der Waals surface area (Å²) in [4.78, 5) is 11.0. The largest absolute Gasteiger partial charge is 0.390 e. The number of hydrogen-bond acceptors (Lipinski definition) is 4. The van der Waals surface area contributed by atoms with Gasteiger partial charge in [0.1, 0.15) is 0 Å². The van der Waals surface area contributed by atoms with Crippen LogP contribution in [0.3, 0.4) is 0 Å². The monoisotopic (exact) mass is 249 g/mol. The van der Waals surface area contributed by atoms with Crippen molar-refractivity contribution in [3.05, 3.63) is 18.0 Å². The van der Waals surface area contributed by atoms with Crippen LogP contribution >= 0.6 is 0 Å². The Kier molecular flexibility index (Phi) is 3.85. The molecule has 0 saturated carbocycles. The van der Waals surface area contributed by atoms with Crippen LogP contribution in [0.25, 0.3) is 0 Å². The van der Waals surface area contributed by atoms with Crippen LogP contribution in [-0.2, 0) is 6.42 Å². The third-order valence-corrected chi connectivity index (χ3v) is 3.70. The van der Waals surface area contributed by atoms with Crippen molar-refractivity contribution in [2.24, 2.45) is 5.92 Å². The van der Waals surface area contributed by atoms with Crippen molar-refractivity contribution in [2.45, 2.75) is 45.6 Å². The first-order valence-corrected chi connectivity index (χ1v) is 6.79. The minimum atomic E-state index is -0.614. The van der Waals surface area contributed by atoms with Crippen LogP contribution in [0.5, 0.6) is 0 Å². The van der Waals surface area contributed by atoms with Crippen LogP contribution in [0.2, 0.25) is 0 Å². The Morgan fingerprint density at radius 1 is 1.39 bits per heavy atom. The number of anilines is 1. The number of aromatic nitrogens is 2. The minimum absolute atomic E-state index is 0.302. The average molecular weight is 249 g/mol. The molecule has 0 bridgehead atoms. The number of nitrogens with zero attached hydrogens (tertiary/aromatic N) is 3. The van der Waals surface area contributed by atoms with E-state index in [4.69, 9.17) is 0 Å². The third kappa shape index (κ3) is 2.99. The fraction of sp³-hybridized carbons (Fsp3) is 0.714. The first-order valence-electron chi connectivity index (χ1n) is 6.79. The Bertz CT molecular complexity index is 383. The van der Waals surface area contributed by atoms with E-state index in [1.54, 1.807) is 0 Å². The molecule has 1 aromatic heterocycles. The van der Waals surface area contributed by atoms with Crippen LogP contribution in [0.1, 0.15) is 39.2 Å². The summed E-state index contributed by atoms with van der Waals surface area (Å²) in [5.74, 6) is 1.10. The highest BCUT2D eigenvalue weighted by atomic mass is 16.3. The van der Waals surface area contributed by atoms with Gasteiger partial charge in [-0.3, -0.25) is 0 Å². The van der Waals surface area contributed by atoms with E-state index in [1.807, 2.05) is 26.2 Å². The van der Waals surface area contributed by atoms with Gasteiger partial charge in [0.05, 0.1) is 5.60 Å². The number of aryl methyl sites for hydroxylation is 1. The van der Waals surface area contributed by atoms with E-state index in [2.05, 4.69) is 21.8 Å². The standard InChI is InChI=1S/C14H23N3O/c1-4-5-11-8-15-13(16-9-11)17-7-6-12(10-17)14(2,3)18/h8-9,12,18H,4-7,10H2,1-3H3/t12-/m0/s1. The molecule has 1 saturated heterocycles. The lowest BCUT2D eigenvalue weighted by Crippen LogP contribution is -2.33. The van der Waals surface area contributed by atoms with E-state index in [0.29, 0.717) is 5.92 Å². The predicted molar refractivity (Wildman–Crippen MR) is 72.6 cm³/mol. The Morgan fingerprint density at radius 2 is 2.06 bits per heavy atom. The van der Waals surface area contributed by atoms with Gasteiger partial charge < -0.3 is 10.0 Å². The van der Waals surface area contributed by atoms with Gasteiger partial charge in [-0.2, -0.15) is 0 Å². The van der Waals surface area contributed by atoms with Crippen LogP contribution in [0.15, 0.2) is 12.4 Å². The molecule has 1 aliphatic heterocycles. The Morgan fingerprint density at radius 3 is 2.56 bits per heavy atom. The zero-order valence-corrected chi connectivity index (χ0v) is 11.6. The highest BCUT2D eigenvalue weighted by Crippen LogP contribution is 2.28. The molecule has 1 atom stereocenters. The zero-order chi connectivity index (χ0) is 13.2. The normalized spacial score (nSPS) is 20.4. The SMILES string of the molecule is CCCc1cnc(N2CC[C@H](C(C)(C)O)C2)nc1. The maximum absolute atomic E-state index is 10.0. The van der Waals surface area contributed by atoms with Crippen LogP contribution < -0.4 is 4.90 Å². The van der Waals surface area contributed by atoms with Crippen molar-refractivity contribution in [2.75, 3.05) is 18.0 Å². The van der Waals surface area contributed by atoms with Gasteiger partial charge in [0, 0.05) is 31.4 Å². The topological polar surface area (TPSA) is 49.2 Å². The molecule has 4 heteroatoms. The Hall–Kier alpha value is -1.16. The summed E-state index contributed by atoms with van der Waals surface area (Å²) in [6.45, 7) is 7.69. The molecule has 4 nitrogen and oxygen atoms in total. The lowest BCUT2D eigenvalue weighted by atomic mass is 9.91. The average Bonchev–Trinajstić information content (AvgIpc) is 2.79. The van der Waals surface area contributed by atoms with Crippen LogP contribution in [0, 0.1) is 5.92 Å². The van der Waals surface area contributed by atoms with E-state index in [-0.39, 0.29) is 0 Å². The molecule has 0 aromatic carbocycles. The van der Waals surface area contributed by atoms with Crippen molar-refractivity contribution in [3.8, 4) is 0 Å². The van der Waals surface area contributed by atoms with Crippen molar-refractivity contribution in [1.82, 2.24) is 9.97 Å². The molecule has 0 radical (unpaired) electrons. The van der Waals surface area contributed by atoms with E-state index in [1.165, 1.54) is 5.56 Å². The highest BCUT2D eigenvalue weighted by molar-refractivity contribution is 5.32. The molecule has 0 spiro atoms. The van der Waals surface area contributed by atoms with Crippen molar-refractivity contribution < 1.29 is 5.11 Å². The molecule has 1 fully saturated rings. The summed E-state index contributed by atoms with van der Waals surface area (Å²) < 4.78 is 0. The van der Waals surface area contributed by atoms with Gasteiger partial charge in [-0.1, -0.05) is 13.3 Å². The second-order valence-corrected chi connectivity index (χ2v) is 5.73. The maximum Gasteiger partial charge on any atom is 0.225 e. The van der Waals surface area contributed by atoms with Gasteiger partial charge in [0.15, 0.2) is 0 Å². The third-order valence-electron chi connectivity index (χ3n) is 3.70. The molecule has 1 N–H and O–H groups in total. The van der Waals surface area contributed by atoms with Crippen LogP contribution in [0.4, 0.5) is 5.95 Å². The molecule has 1 aromatic rings. The Balaban J connectivity index is 2.01. The molecule has 1 aliphatic rings. The maximum atomic E-state index is 10.0. The van der Waals surface area contributed by atoms with Gasteiger partial charge in [0.2, 0.25) is 5.95 Å². The summed E-state index contributed by atoms with van der Waals surface area (Å²) in [7, 11) is 0. The molecule has 0 amide bonds. The zero-order valence-electron chi connectivity index (χ0n) is 11.6. The second kappa shape index (κ2) is 5.22. The molecular formula is C14H23N3O. The van der Waals surface area contributed by atoms with Crippen LogP contribution in [-0.4, -0.2) is 33.8 Å². The van der Waals surface area contributed by atoms with Gasteiger partial charge in [-0.15, -0.1) is 0 Å². The van der Waals surface area contributed by atoms with Gasteiger partial charge in [0.25, 0.3) is 0 Å². The molecule has 0 aliphatic carbocycles. The van der Waals surface area contributed by atoms with Gasteiger partial charge in [-0.05, 0) is 32.3 Å². The fourth-order valence-corrected chi connectivity index (χ4v) is 2.45. The lowest BCUT2D eigenvalue weighted by molar-refractivity contribution is 0.0263. The van der Waals surface area contributed by atoms with Gasteiger partial charge in [-0.25, -0.2) is 9.97 Å². The summed E-state index contributed by atoms with van der Waals surface area (Å²) in [5, 5.41) is 10.0. The molecule has 2 rings (SSSR count). The summed E-state index contributed by atoms with van der Waals surface area (Å²) in [6, 6.07) is 0. The smallest absolute Gasteiger partial charge is 0.225 e. The molecule has 18 heavy (non-hydrogen) atoms. The quantitative estimate of drug-likeness (QED) is 0.887. The number of rotatable bonds is 4. The number of aliphatic hydroxyl groups is 1. The predicted octanol–water partition coefficient (Wildman–Crippen LogP) is 2.03. The molecule has 2 heterocycles. The lowest BCUT2D eigenvalue weighted by Gasteiger charge is -2.25. The minimum Gasteiger partial charge on any atom is -0.390 e. The second-order valence-electron chi connectivity index (χ2n) is 5.73. The first-order chi connectivity index (χ1) is 8.50. The van der Waals surface area contributed by atoms with Crippen molar-refractivity contribution in [3.63, 3.8) is 0 Å². The molecule has 0 unspecified atom stereocenters. The summed E-state index contributed by atoms with van der Waals surface area (Å²) in [5.41, 5.74) is 0.580. The van der Waals surface area contributed by atoms with E-state index in [9.17, 15) is 5.11 Å². The van der Waals surface area contributed by atoms with Crippen molar-refractivity contribution in [1.29, 1.82) is 0 Å². The summed E-state index contributed by atoms with van der Waals surface area (Å²) >= 11 is 0. The number of hydrogen-bond donors (Lipinski definition) is 1. The molecular weight excluding hydrogens is 226 g/mol. The Labute approximate surface area is 109 Å². The van der Waals surface area contributed by atoms with Gasteiger partial charge >= 0.3 is 0 Å². The van der Waals surface area contributed by atoms with E-state index >= 15 is 0 Å². The highest BCUT2D eigenvalue weighted by Gasteiger charge is 2.34. The summed E-state index contributed by atoms with van der Waals surface area (Å²) in [6.07, 6.45) is 7.00. The first kappa shape index (κ1) is 13.3. The van der Waals surface area contributed by atoms with E-state index < -0.39 is 5.60 Å². The van der Waals surface area contributed by atoms with Crippen molar-refractivity contribution >= 4 is 5.95 Å². The van der Waals surface area contributed by atoms with E-state index in [0.717, 1.165) is 38.3 Å².